The minimum atomic E-state index is -2.98. The summed E-state index contributed by atoms with van der Waals surface area (Å²) in [5.74, 6) is 0.0897. The number of fused-ring (bicyclic) bond motifs is 1. The van der Waals surface area contributed by atoms with Crippen LogP contribution in [0.25, 0.3) is 33.2 Å². The quantitative estimate of drug-likeness (QED) is 0.317. The molecular weight excluding hydrogens is 460 g/mol. The molecule has 0 aliphatic carbocycles. The van der Waals surface area contributed by atoms with Gasteiger partial charge in [-0.15, -0.1) is 0 Å². The number of hydrogen-bond acceptors (Lipinski definition) is 5. The van der Waals surface area contributed by atoms with Crippen LogP contribution in [0.4, 0.5) is 14.5 Å². The molecule has 0 N–H and O–H groups in total. The fraction of sp³-hybridized carbons (Fsp3) is 0.241. The van der Waals surface area contributed by atoms with Gasteiger partial charge in [-0.2, -0.15) is 14.0 Å². The van der Waals surface area contributed by atoms with E-state index in [-0.39, 0.29) is 18.0 Å². The third kappa shape index (κ3) is 4.73. The summed E-state index contributed by atoms with van der Waals surface area (Å²) in [6, 6.07) is 22.4. The Bertz CT molecular complexity index is 1410. The van der Waals surface area contributed by atoms with Crippen molar-refractivity contribution in [1.29, 1.82) is 5.26 Å². The molecule has 0 saturated carbocycles. The lowest BCUT2D eigenvalue weighted by Crippen LogP contribution is -2.45. The molecule has 36 heavy (non-hydrogen) atoms. The van der Waals surface area contributed by atoms with Crippen LogP contribution in [0.15, 0.2) is 72.9 Å². The Labute approximate surface area is 208 Å². The average molecular weight is 486 g/mol. The van der Waals surface area contributed by atoms with Crippen LogP contribution in [0.1, 0.15) is 19.4 Å². The van der Waals surface area contributed by atoms with Gasteiger partial charge in [0.05, 0.1) is 29.4 Å². The summed E-state index contributed by atoms with van der Waals surface area (Å²) in [6.45, 7) is 2.71. The number of aromatic nitrogens is 1. The molecule has 3 aromatic carbocycles. The van der Waals surface area contributed by atoms with Gasteiger partial charge in [0.15, 0.2) is 0 Å². The van der Waals surface area contributed by atoms with Crippen LogP contribution in [-0.2, 0) is 4.74 Å². The second-order valence-electron chi connectivity index (χ2n) is 8.98. The number of anilines is 1. The molecule has 0 amide bonds. The molecule has 1 aliphatic rings. The number of pyridine rings is 1. The normalized spacial score (nSPS) is 17.8. The highest BCUT2D eigenvalue weighted by Crippen LogP contribution is 2.40. The fourth-order valence-corrected chi connectivity index (χ4v) is 4.82. The molecule has 1 fully saturated rings. The summed E-state index contributed by atoms with van der Waals surface area (Å²) in [6.07, 6.45) is 1.85. The topological polar surface area (TPSA) is 58.4 Å². The van der Waals surface area contributed by atoms with Crippen molar-refractivity contribution in [2.24, 2.45) is 0 Å². The van der Waals surface area contributed by atoms with Gasteiger partial charge in [-0.05, 0) is 55.3 Å². The minimum Gasteiger partial charge on any atom is -0.433 e. The Hall–Kier alpha value is -4.02. The number of alkyl halides is 2. The fourth-order valence-electron chi connectivity index (χ4n) is 4.82. The first-order valence-electron chi connectivity index (χ1n) is 11.8. The van der Waals surface area contributed by atoms with E-state index in [1.54, 1.807) is 30.5 Å². The molecule has 5 rings (SSSR count). The molecule has 0 radical (unpaired) electrons. The average Bonchev–Trinajstić information content (AvgIpc) is 2.88. The van der Waals surface area contributed by atoms with Crippen molar-refractivity contribution in [3.05, 3.63) is 78.5 Å². The number of para-hydroxylation sites is 1. The van der Waals surface area contributed by atoms with Crippen molar-refractivity contribution in [2.45, 2.75) is 32.7 Å². The maximum Gasteiger partial charge on any atom is 0.387 e. The van der Waals surface area contributed by atoms with Gasteiger partial charge in [0.2, 0.25) is 0 Å². The maximum atomic E-state index is 13.5. The molecule has 1 saturated heterocycles. The van der Waals surface area contributed by atoms with Gasteiger partial charge >= 0.3 is 6.61 Å². The molecule has 2 atom stereocenters. The van der Waals surface area contributed by atoms with Crippen molar-refractivity contribution in [2.75, 3.05) is 18.0 Å². The highest BCUT2D eigenvalue weighted by Gasteiger charge is 2.23. The number of morpholine rings is 1. The third-order valence-corrected chi connectivity index (χ3v) is 6.34. The summed E-state index contributed by atoms with van der Waals surface area (Å²) < 4.78 is 38.0. The zero-order valence-electron chi connectivity index (χ0n) is 20.0. The Morgan fingerprint density at radius 1 is 0.944 bits per heavy atom. The van der Waals surface area contributed by atoms with E-state index in [2.05, 4.69) is 29.8 Å². The SMILES string of the molecule is C[C@@H]1CN(c2ccc(-c3cnc4c(-c5ccc(C#N)cc5)cccc4c3OC(F)F)cc2)C[C@H](C)O1. The van der Waals surface area contributed by atoms with E-state index in [9.17, 15) is 8.78 Å². The van der Waals surface area contributed by atoms with Crippen LogP contribution in [-0.4, -0.2) is 36.9 Å². The first-order valence-corrected chi connectivity index (χ1v) is 11.8. The van der Waals surface area contributed by atoms with E-state index in [1.165, 1.54) is 0 Å². The van der Waals surface area contributed by atoms with E-state index in [0.29, 0.717) is 22.0 Å². The van der Waals surface area contributed by atoms with E-state index in [0.717, 1.165) is 35.5 Å². The predicted octanol–water partition coefficient (Wildman–Crippen LogP) is 6.66. The lowest BCUT2D eigenvalue weighted by Gasteiger charge is -2.36. The molecule has 1 aromatic heterocycles. The Balaban J connectivity index is 1.56. The number of ether oxygens (including phenoxy) is 2. The Morgan fingerprint density at radius 2 is 1.58 bits per heavy atom. The summed E-state index contributed by atoms with van der Waals surface area (Å²) >= 11 is 0. The van der Waals surface area contributed by atoms with E-state index in [4.69, 9.17) is 14.7 Å². The molecule has 0 spiro atoms. The monoisotopic (exact) mass is 485 g/mol. The number of halogens is 2. The van der Waals surface area contributed by atoms with Crippen LogP contribution >= 0.6 is 0 Å². The van der Waals surface area contributed by atoms with Crippen molar-refractivity contribution in [1.82, 2.24) is 4.98 Å². The maximum absolute atomic E-state index is 13.5. The van der Waals surface area contributed by atoms with Gasteiger partial charge in [0.25, 0.3) is 0 Å². The summed E-state index contributed by atoms with van der Waals surface area (Å²) in [4.78, 5) is 6.93. The molecule has 7 heteroatoms. The molecule has 4 aromatic rings. The smallest absolute Gasteiger partial charge is 0.387 e. The molecule has 0 bridgehead atoms. The summed E-state index contributed by atoms with van der Waals surface area (Å²) in [5.41, 5.74) is 4.98. The second kappa shape index (κ2) is 9.92. The van der Waals surface area contributed by atoms with Crippen molar-refractivity contribution < 1.29 is 18.3 Å². The van der Waals surface area contributed by atoms with Crippen LogP contribution in [0, 0.1) is 11.3 Å². The van der Waals surface area contributed by atoms with E-state index >= 15 is 0 Å². The zero-order valence-corrected chi connectivity index (χ0v) is 20.0. The molecule has 5 nitrogen and oxygen atoms in total. The zero-order chi connectivity index (χ0) is 25.2. The second-order valence-corrected chi connectivity index (χ2v) is 8.98. The summed E-state index contributed by atoms with van der Waals surface area (Å²) in [7, 11) is 0. The van der Waals surface area contributed by atoms with Crippen LogP contribution in [0.5, 0.6) is 5.75 Å². The van der Waals surface area contributed by atoms with Crippen LogP contribution < -0.4 is 9.64 Å². The van der Waals surface area contributed by atoms with Gasteiger partial charge < -0.3 is 14.4 Å². The summed E-state index contributed by atoms with van der Waals surface area (Å²) in [5, 5.41) is 9.58. The first-order chi connectivity index (χ1) is 17.4. The lowest BCUT2D eigenvalue weighted by molar-refractivity contribution is -0.0484. The van der Waals surface area contributed by atoms with Crippen molar-refractivity contribution in [3.8, 4) is 34.1 Å². The molecule has 2 heterocycles. The highest BCUT2D eigenvalue weighted by molar-refractivity contribution is 6.00. The Morgan fingerprint density at radius 3 is 2.22 bits per heavy atom. The molecule has 0 unspecified atom stereocenters. The van der Waals surface area contributed by atoms with Gasteiger partial charge in [-0.1, -0.05) is 36.4 Å². The largest absolute Gasteiger partial charge is 0.433 e. The number of nitrogens with zero attached hydrogens (tertiary/aromatic N) is 3. The number of hydrogen-bond donors (Lipinski definition) is 0. The molecule has 1 aliphatic heterocycles. The van der Waals surface area contributed by atoms with Gasteiger partial charge in [-0.25, -0.2) is 0 Å². The number of nitriles is 1. The van der Waals surface area contributed by atoms with Gasteiger partial charge in [-0.3, -0.25) is 4.98 Å². The number of rotatable bonds is 5. The molecule has 182 valence electrons. The van der Waals surface area contributed by atoms with E-state index in [1.807, 2.05) is 42.5 Å². The van der Waals surface area contributed by atoms with Gasteiger partial charge in [0, 0.05) is 41.5 Å². The van der Waals surface area contributed by atoms with E-state index < -0.39 is 6.61 Å². The van der Waals surface area contributed by atoms with Crippen LogP contribution in [0.3, 0.4) is 0 Å². The Kier molecular flexibility index (Phi) is 6.53. The first kappa shape index (κ1) is 23.7. The van der Waals surface area contributed by atoms with Crippen molar-refractivity contribution in [3.63, 3.8) is 0 Å². The predicted molar refractivity (Wildman–Crippen MR) is 136 cm³/mol. The standard InChI is InChI=1S/C29H25F2N3O2/c1-18-16-34(17-19(2)35-18)23-12-10-22(11-13-23)26-15-33-27-24(21-8-6-20(14-32)7-9-21)4-3-5-25(27)28(26)36-29(30)31/h3-13,15,18-19,29H,16-17H2,1-2H3/t18-,19+. The number of benzene rings is 3. The highest BCUT2D eigenvalue weighted by atomic mass is 19.3. The minimum absolute atomic E-state index is 0.0897. The molecular formula is C29H25F2N3O2. The van der Waals surface area contributed by atoms with Crippen LogP contribution in [0.2, 0.25) is 0 Å². The van der Waals surface area contributed by atoms with Crippen molar-refractivity contribution >= 4 is 16.6 Å². The third-order valence-electron chi connectivity index (χ3n) is 6.34. The lowest BCUT2D eigenvalue weighted by atomic mass is 9.98. The van der Waals surface area contributed by atoms with Gasteiger partial charge in [0.1, 0.15) is 5.75 Å².